The highest BCUT2D eigenvalue weighted by Gasteiger charge is 2.24. The molecule has 0 aliphatic heterocycles. The first-order valence-electron chi connectivity index (χ1n) is 9.78. The standard InChI is InChI=1S/C24H22N2O3/c1-3-4-12-29-24(28)22-20(15-27)25-26-21(17-8-6-5-7-9-17)14-18-11-10-16(2)13-19(18)23(22)26/h5-11,13-15H,3-4,12H2,1-2H3. The van der Waals surface area contributed by atoms with Crippen LogP contribution in [0.15, 0.2) is 54.6 Å². The lowest BCUT2D eigenvalue weighted by Gasteiger charge is -2.11. The lowest BCUT2D eigenvalue weighted by Crippen LogP contribution is -2.08. The molecule has 0 aliphatic rings. The average Bonchev–Trinajstić information content (AvgIpc) is 3.14. The Hall–Kier alpha value is -3.47. The molecule has 0 spiro atoms. The first-order valence-corrected chi connectivity index (χ1v) is 9.78. The highest BCUT2D eigenvalue weighted by Crippen LogP contribution is 2.32. The molecule has 0 amide bonds. The van der Waals surface area contributed by atoms with E-state index in [1.54, 1.807) is 4.52 Å². The van der Waals surface area contributed by atoms with Crippen LogP contribution in [0.3, 0.4) is 0 Å². The van der Waals surface area contributed by atoms with Crippen LogP contribution in [0, 0.1) is 6.92 Å². The molecule has 0 radical (unpaired) electrons. The fourth-order valence-corrected chi connectivity index (χ4v) is 3.55. The molecular formula is C24H22N2O3. The number of unbranched alkanes of at least 4 members (excludes halogenated alkanes) is 1. The van der Waals surface area contributed by atoms with E-state index in [-0.39, 0.29) is 11.3 Å². The molecule has 0 unspecified atom stereocenters. The number of aryl methyl sites for hydroxylation is 1. The second-order valence-corrected chi connectivity index (χ2v) is 7.11. The maximum atomic E-state index is 12.9. The van der Waals surface area contributed by atoms with Crippen LogP contribution >= 0.6 is 0 Å². The van der Waals surface area contributed by atoms with Gasteiger partial charge in [-0.15, -0.1) is 0 Å². The number of hydrogen-bond donors (Lipinski definition) is 0. The number of ether oxygens (including phenoxy) is 1. The van der Waals surface area contributed by atoms with Gasteiger partial charge in [0.15, 0.2) is 6.29 Å². The predicted octanol–water partition coefficient (Wildman–Crippen LogP) is 5.23. The third kappa shape index (κ3) is 3.40. The van der Waals surface area contributed by atoms with Crippen LogP contribution < -0.4 is 0 Å². The Kier molecular flexibility index (Phi) is 5.12. The minimum atomic E-state index is -0.511. The predicted molar refractivity (Wildman–Crippen MR) is 113 cm³/mol. The van der Waals surface area contributed by atoms with E-state index in [1.165, 1.54) is 0 Å². The Morgan fingerprint density at radius 3 is 2.66 bits per heavy atom. The molecule has 2 aromatic carbocycles. The summed E-state index contributed by atoms with van der Waals surface area (Å²) in [5, 5.41) is 6.33. The van der Waals surface area contributed by atoms with Crippen molar-refractivity contribution in [3.8, 4) is 11.3 Å². The third-order valence-corrected chi connectivity index (χ3v) is 5.01. The molecule has 29 heavy (non-hydrogen) atoms. The molecular weight excluding hydrogens is 364 g/mol. The maximum Gasteiger partial charge on any atom is 0.342 e. The van der Waals surface area contributed by atoms with Crippen LogP contribution in [0.4, 0.5) is 0 Å². The molecule has 0 aliphatic carbocycles. The second-order valence-electron chi connectivity index (χ2n) is 7.11. The number of carbonyl (C=O) groups excluding carboxylic acids is 2. The van der Waals surface area contributed by atoms with Gasteiger partial charge in [0.2, 0.25) is 0 Å². The van der Waals surface area contributed by atoms with Gasteiger partial charge in [-0.1, -0.05) is 61.4 Å². The summed E-state index contributed by atoms with van der Waals surface area (Å²) in [6, 6.07) is 17.9. The van der Waals surface area contributed by atoms with Gasteiger partial charge in [-0.25, -0.2) is 9.31 Å². The fourth-order valence-electron chi connectivity index (χ4n) is 3.55. The fraction of sp³-hybridized carbons (Fsp3) is 0.208. The van der Waals surface area contributed by atoms with E-state index in [1.807, 2.05) is 68.4 Å². The zero-order valence-corrected chi connectivity index (χ0v) is 16.5. The Labute approximate surface area is 168 Å². The second kappa shape index (κ2) is 7.87. The number of esters is 1. The van der Waals surface area contributed by atoms with Gasteiger partial charge in [-0.3, -0.25) is 4.79 Å². The van der Waals surface area contributed by atoms with E-state index < -0.39 is 5.97 Å². The number of hydrogen-bond acceptors (Lipinski definition) is 4. The monoisotopic (exact) mass is 386 g/mol. The van der Waals surface area contributed by atoms with Crippen molar-refractivity contribution in [3.63, 3.8) is 0 Å². The van der Waals surface area contributed by atoms with Crippen LogP contribution in [0.5, 0.6) is 0 Å². The molecule has 5 nitrogen and oxygen atoms in total. The van der Waals surface area contributed by atoms with Crippen molar-refractivity contribution in [2.45, 2.75) is 26.7 Å². The lowest BCUT2D eigenvalue weighted by atomic mass is 10.0. The summed E-state index contributed by atoms with van der Waals surface area (Å²) < 4.78 is 7.14. The normalized spacial score (nSPS) is 11.1. The van der Waals surface area contributed by atoms with Crippen molar-refractivity contribution in [1.29, 1.82) is 0 Å². The number of rotatable bonds is 6. The minimum Gasteiger partial charge on any atom is -0.462 e. The Bertz CT molecular complexity index is 1210. The Morgan fingerprint density at radius 1 is 1.14 bits per heavy atom. The number of pyridine rings is 1. The van der Waals surface area contributed by atoms with Crippen LogP contribution in [0.1, 0.15) is 46.2 Å². The molecule has 0 bridgehead atoms. The maximum absolute atomic E-state index is 12.9. The SMILES string of the molecule is CCCCOC(=O)c1c(C=O)nn2c(-c3ccccc3)cc3ccc(C)cc3c12. The molecule has 0 atom stereocenters. The molecule has 4 rings (SSSR count). The van der Waals surface area contributed by atoms with E-state index in [0.29, 0.717) is 18.4 Å². The van der Waals surface area contributed by atoms with Gasteiger partial charge in [0, 0.05) is 10.9 Å². The molecule has 2 heterocycles. The smallest absolute Gasteiger partial charge is 0.342 e. The number of nitrogens with zero attached hydrogens (tertiary/aromatic N) is 2. The number of fused-ring (bicyclic) bond motifs is 3. The van der Waals surface area contributed by atoms with Crippen molar-refractivity contribution in [1.82, 2.24) is 9.61 Å². The quantitative estimate of drug-likeness (QED) is 0.259. The number of aromatic nitrogens is 2. The van der Waals surface area contributed by atoms with E-state index in [9.17, 15) is 9.59 Å². The van der Waals surface area contributed by atoms with E-state index in [4.69, 9.17) is 4.74 Å². The Balaban J connectivity index is 2.06. The summed E-state index contributed by atoms with van der Waals surface area (Å²) in [6.07, 6.45) is 2.32. The zero-order valence-electron chi connectivity index (χ0n) is 16.5. The average molecular weight is 386 g/mol. The lowest BCUT2D eigenvalue weighted by molar-refractivity contribution is 0.0500. The largest absolute Gasteiger partial charge is 0.462 e. The number of carbonyl (C=O) groups is 2. The van der Waals surface area contributed by atoms with Crippen LogP contribution in [-0.4, -0.2) is 28.5 Å². The number of aldehydes is 1. The molecule has 0 N–H and O–H groups in total. The van der Waals surface area contributed by atoms with Crippen LogP contribution in [-0.2, 0) is 4.74 Å². The zero-order chi connectivity index (χ0) is 20.4. The third-order valence-electron chi connectivity index (χ3n) is 5.01. The first kappa shape index (κ1) is 18.9. The number of benzene rings is 2. The summed E-state index contributed by atoms with van der Waals surface area (Å²) >= 11 is 0. The molecule has 4 aromatic rings. The van der Waals surface area contributed by atoms with Crippen molar-refractivity contribution < 1.29 is 14.3 Å². The molecule has 2 aromatic heterocycles. The van der Waals surface area contributed by atoms with E-state index in [2.05, 4.69) is 5.10 Å². The van der Waals surface area contributed by atoms with Gasteiger partial charge in [0.1, 0.15) is 11.3 Å². The van der Waals surface area contributed by atoms with Crippen molar-refractivity contribution in [3.05, 3.63) is 71.4 Å². The summed E-state index contributed by atoms with van der Waals surface area (Å²) in [4.78, 5) is 24.7. The van der Waals surface area contributed by atoms with Crippen molar-refractivity contribution in [2.24, 2.45) is 0 Å². The van der Waals surface area contributed by atoms with Gasteiger partial charge < -0.3 is 4.74 Å². The summed E-state index contributed by atoms with van der Waals surface area (Å²) in [5.74, 6) is -0.511. The molecule has 0 saturated heterocycles. The van der Waals surface area contributed by atoms with E-state index in [0.717, 1.165) is 40.4 Å². The highest BCUT2D eigenvalue weighted by molar-refractivity contribution is 6.12. The van der Waals surface area contributed by atoms with Crippen molar-refractivity contribution >= 4 is 28.5 Å². The summed E-state index contributed by atoms with van der Waals surface area (Å²) in [7, 11) is 0. The van der Waals surface area contributed by atoms with Crippen molar-refractivity contribution in [2.75, 3.05) is 6.61 Å². The minimum absolute atomic E-state index is 0.0951. The van der Waals surface area contributed by atoms with Gasteiger partial charge in [-0.2, -0.15) is 5.10 Å². The van der Waals surface area contributed by atoms with Crippen LogP contribution in [0.2, 0.25) is 0 Å². The topological polar surface area (TPSA) is 60.7 Å². The highest BCUT2D eigenvalue weighted by atomic mass is 16.5. The van der Waals surface area contributed by atoms with E-state index >= 15 is 0 Å². The molecule has 0 fully saturated rings. The summed E-state index contributed by atoms with van der Waals surface area (Å²) in [6.45, 7) is 4.35. The van der Waals surface area contributed by atoms with Gasteiger partial charge >= 0.3 is 5.97 Å². The van der Waals surface area contributed by atoms with Crippen LogP contribution in [0.25, 0.3) is 27.5 Å². The molecule has 5 heteroatoms. The first-order chi connectivity index (χ1) is 14.1. The van der Waals surface area contributed by atoms with Gasteiger partial charge in [-0.05, 0) is 30.9 Å². The summed E-state index contributed by atoms with van der Waals surface area (Å²) in [5.41, 5.74) is 3.75. The molecule has 146 valence electrons. The van der Waals surface area contributed by atoms with Gasteiger partial charge in [0.25, 0.3) is 0 Å². The van der Waals surface area contributed by atoms with Gasteiger partial charge in [0.05, 0.1) is 17.8 Å². The Morgan fingerprint density at radius 2 is 1.93 bits per heavy atom. The molecule has 0 saturated carbocycles.